The zero-order chi connectivity index (χ0) is 13.8. The number of carbonyl (C=O) groups excluding carboxylic acids is 1. The van der Waals surface area contributed by atoms with Crippen LogP contribution in [0.2, 0.25) is 5.02 Å². The number of aromatic nitrogens is 1. The molecule has 98 valence electrons. The Morgan fingerprint density at radius 1 is 1.21 bits per heavy atom. The highest BCUT2D eigenvalue weighted by Crippen LogP contribution is 2.24. The molecule has 0 aliphatic carbocycles. The van der Waals surface area contributed by atoms with E-state index in [4.69, 9.17) is 16.3 Å². The fourth-order valence-electron chi connectivity index (χ4n) is 1.49. The van der Waals surface area contributed by atoms with Crippen molar-refractivity contribution in [2.24, 2.45) is 0 Å². The Hall–Kier alpha value is -2.07. The molecule has 1 heterocycles. The molecular weight excluding hydrogens is 264 g/mol. The topological polar surface area (TPSA) is 42.4 Å². The van der Waals surface area contributed by atoms with Crippen LogP contribution < -0.4 is 4.74 Å². The van der Waals surface area contributed by atoms with Crippen LogP contribution in [-0.2, 0) is 0 Å². The van der Waals surface area contributed by atoms with E-state index in [0.29, 0.717) is 16.3 Å². The molecule has 19 heavy (non-hydrogen) atoms. The largest absolute Gasteiger partial charge is 0.438 e. The first-order chi connectivity index (χ1) is 9.08. The summed E-state index contributed by atoms with van der Waals surface area (Å²) in [6, 6.07) is 10.3. The molecule has 0 saturated carbocycles. The van der Waals surface area contributed by atoms with Crippen molar-refractivity contribution >= 4 is 17.5 Å². The van der Waals surface area contributed by atoms with Crippen molar-refractivity contribution in [3.8, 4) is 11.6 Å². The van der Waals surface area contributed by atoms with Crippen LogP contribution in [0.5, 0.6) is 11.6 Å². The first-order valence-electron chi connectivity index (χ1n) is 5.68. The third kappa shape index (κ3) is 3.23. The van der Waals surface area contributed by atoms with Crippen LogP contribution in [0.3, 0.4) is 0 Å². The number of pyridine rings is 1. The van der Waals surface area contributed by atoms with Gasteiger partial charge in [0.1, 0.15) is 11.3 Å². The van der Waals surface area contributed by atoms with Crippen molar-refractivity contribution in [3.05, 3.63) is 53.2 Å². The second-order valence-corrected chi connectivity index (χ2v) is 4.55. The number of nitrogens with zero attached hydrogens (tertiary/aromatic N) is 2. The Morgan fingerprint density at radius 2 is 1.89 bits per heavy atom. The molecule has 4 nitrogen and oxygen atoms in total. The van der Waals surface area contributed by atoms with Crippen LogP contribution in [0, 0.1) is 0 Å². The SMILES string of the molecule is CN(C)C(=O)c1cccnc1Oc1ccc(Cl)cc1. The number of hydrogen-bond acceptors (Lipinski definition) is 3. The second kappa shape index (κ2) is 5.71. The van der Waals surface area contributed by atoms with E-state index < -0.39 is 0 Å². The first kappa shape index (κ1) is 13.4. The number of benzene rings is 1. The molecule has 0 N–H and O–H groups in total. The van der Waals surface area contributed by atoms with E-state index in [1.807, 2.05) is 0 Å². The van der Waals surface area contributed by atoms with Crippen molar-refractivity contribution in [2.45, 2.75) is 0 Å². The van der Waals surface area contributed by atoms with Crippen molar-refractivity contribution in [1.82, 2.24) is 9.88 Å². The lowest BCUT2D eigenvalue weighted by Gasteiger charge is -2.13. The lowest BCUT2D eigenvalue weighted by atomic mass is 10.2. The zero-order valence-corrected chi connectivity index (χ0v) is 11.4. The fraction of sp³-hybridized carbons (Fsp3) is 0.143. The van der Waals surface area contributed by atoms with E-state index in [1.165, 1.54) is 4.90 Å². The molecular formula is C14H13ClN2O2. The minimum atomic E-state index is -0.155. The number of carbonyl (C=O) groups is 1. The lowest BCUT2D eigenvalue weighted by Crippen LogP contribution is -2.22. The van der Waals surface area contributed by atoms with E-state index in [9.17, 15) is 4.79 Å². The fourth-order valence-corrected chi connectivity index (χ4v) is 1.62. The minimum Gasteiger partial charge on any atom is -0.438 e. The van der Waals surface area contributed by atoms with Gasteiger partial charge in [-0.1, -0.05) is 11.6 Å². The van der Waals surface area contributed by atoms with E-state index >= 15 is 0 Å². The average Bonchev–Trinajstić information content (AvgIpc) is 2.41. The monoisotopic (exact) mass is 276 g/mol. The van der Waals surface area contributed by atoms with Gasteiger partial charge in [0.25, 0.3) is 5.91 Å². The number of rotatable bonds is 3. The summed E-state index contributed by atoms with van der Waals surface area (Å²) in [4.78, 5) is 17.6. The maximum atomic E-state index is 12.0. The number of hydrogen-bond donors (Lipinski definition) is 0. The van der Waals surface area contributed by atoms with E-state index in [-0.39, 0.29) is 11.8 Å². The summed E-state index contributed by atoms with van der Waals surface area (Å²) in [6.07, 6.45) is 1.58. The van der Waals surface area contributed by atoms with Gasteiger partial charge in [-0.3, -0.25) is 4.79 Å². The van der Waals surface area contributed by atoms with Gasteiger partial charge in [-0.05, 0) is 36.4 Å². The zero-order valence-electron chi connectivity index (χ0n) is 10.6. The summed E-state index contributed by atoms with van der Waals surface area (Å²) in [5, 5.41) is 0.623. The summed E-state index contributed by atoms with van der Waals surface area (Å²) in [5.41, 5.74) is 0.419. The van der Waals surface area contributed by atoms with Gasteiger partial charge < -0.3 is 9.64 Å². The first-order valence-corrected chi connectivity index (χ1v) is 6.06. The molecule has 1 aromatic carbocycles. The van der Waals surface area contributed by atoms with Gasteiger partial charge in [0.2, 0.25) is 5.88 Å². The molecule has 0 aliphatic rings. The Bertz CT molecular complexity index is 582. The van der Waals surface area contributed by atoms with Crippen LogP contribution in [-0.4, -0.2) is 29.9 Å². The van der Waals surface area contributed by atoms with Crippen molar-refractivity contribution < 1.29 is 9.53 Å². The van der Waals surface area contributed by atoms with E-state index in [1.54, 1.807) is 56.7 Å². The van der Waals surface area contributed by atoms with Crippen LogP contribution in [0.15, 0.2) is 42.6 Å². The molecule has 0 fully saturated rings. The van der Waals surface area contributed by atoms with Crippen LogP contribution in [0.4, 0.5) is 0 Å². The Balaban J connectivity index is 2.30. The molecule has 2 rings (SSSR count). The average molecular weight is 277 g/mol. The van der Waals surface area contributed by atoms with Gasteiger partial charge in [0.05, 0.1) is 0 Å². The molecule has 0 bridgehead atoms. The smallest absolute Gasteiger partial charge is 0.258 e. The summed E-state index contributed by atoms with van der Waals surface area (Å²) < 4.78 is 5.62. The lowest BCUT2D eigenvalue weighted by molar-refractivity contribution is 0.0824. The van der Waals surface area contributed by atoms with Crippen LogP contribution >= 0.6 is 11.6 Å². The quantitative estimate of drug-likeness (QED) is 0.864. The minimum absolute atomic E-state index is 0.155. The molecule has 1 aromatic heterocycles. The molecule has 0 saturated heterocycles. The molecule has 0 radical (unpaired) electrons. The maximum absolute atomic E-state index is 12.0. The molecule has 5 heteroatoms. The van der Waals surface area contributed by atoms with Gasteiger partial charge in [-0.15, -0.1) is 0 Å². The Kier molecular flexibility index (Phi) is 4.02. The van der Waals surface area contributed by atoms with Gasteiger partial charge in [0, 0.05) is 25.3 Å². The van der Waals surface area contributed by atoms with Gasteiger partial charge in [0.15, 0.2) is 0 Å². The van der Waals surface area contributed by atoms with Crippen LogP contribution in [0.1, 0.15) is 10.4 Å². The normalized spacial score (nSPS) is 10.1. The number of amides is 1. The number of halogens is 1. The summed E-state index contributed by atoms with van der Waals surface area (Å²) in [6.45, 7) is 0. The molecule has 0 atom stereocenters. The molecule has 0 aliphatic heterocycles. The standard InChI is InChI=1S/C14H13ClN2O2/c1-17(2)14(18)12-4-3-9-16-13(12)19-11-7-5-10(15)6-8-11/h3-9H,1-2H3. The second-order valence-electron chi connectivity index (χ2n) is 4.11. The van der Waals surface area contributed by atoms with E-state index in [2.05, 4.69) is 4.98 Å². The predicted molar refractivity (Wildman–Crippen MR) is 73.8 cm³/mol. The van der Waals surface area contributed by atoms with Gasteiger partial charge in [-0.2, -0.15) is 0 Å². The molecule has 0 unspecified atom stereocenters. The van der Waals surface area contributed by atoms with Crippen molar-refractivity contribution in [1.29, 1.82) is 0 Å². The summed E-state index contributed by atoms with van der Waals surface area (Å²) >= 11 is 5.81. The maximum Gasteiger partial charge on any atom is 0.258 e. The molecule has 2 aromatic rings. The molecule has 0 spiro atoms. The summed E-state index contributed by atoms with van der Waals surface area (Å²) in [5.74, 6) is 0.705. The Labute approximate surface area is 116 Å². The summed E-state index contributed by atoms with van der Waals surface area (Å²) in [7, 11) is 3.36. The van der Waals surface area contributed by atoms with Gasteiger partial charge >= 0.3 is 0 Å². The highest BCUT2D eigenvalue weighted by molar-refractivity contribution is 6.30. The van der Waals surface area contributed by atoms with Crippen molar-refractivity contribution in [2.75, 3.05) is 14.1 Å². The predicted octanol–water partition coefficient (Wildman–Crippen LogP) is 3.23. The third-order valence-corrected chi connectivity index (χ3v) is 2.69. The highest BCUT2D eigenvalue weighted by atomic mass is 35.5. The Morgan fingerprint density at radius 3 is 2.53 bits per heavy atom. The third-order valence-electron chi connectivity index (χ3n) is 2.44. The molecule has 1 amide bonds. The number of ether oxygens (including phenoxy) is 1. The van der Waals surface area contributed by atoms with Crippen molar-refractivity contribution in [3.63, 3.8) is 0 Å². The van der Waals surface area contributed by atoms with E-state index in [0.717, 1.165) is 0 Å². The highest BCUT2D eigenvalue weighted by Gasteiger charge is 2.15. The van der Waals surface area contributed by atoms with Gasteiger partial charge in [-0.25, -0.2) is 4.98 Å². The van der Waals surface area contributed by atoms with Crippen LogP contribution in [0.25, 0.3) is 0 Å².